The number of hydrogen-bond acceptors (Lipinski definition) is 8. The van der Waals surface area contributed by atoms with Gasteiger partial charge >= 0.3 is 0 Å². The second-order valence-electron chi connectivity index (χ2n) is 9.64. The Morgan fingerprint density at radius 3 is 2.45 bits per heavy atom. The second-order valence-corrected chi connectivity index (χ2v) is 11.3. The van der Waals surface area contributed by atoms with Gasteiger partial charge in [-0.05, 0) is 34.9 Å². The highest BCUT2D eigenvalue weighted by Gasteiger charge is 2.22. The van der Waals surface area contributed by atoms with Crippen molar-refractivity contribution in [1.82, 2.24) is 29.0 Å². The first-order chi connectivity index (χ1) is 19.4. The molecule has 40 heavy (non-hydrogen) atoms. The number of aromatic nitrogens is 5. The Balaban J connectivity index is 1.28. The highest BCUT2D eigenvalue weighted by molar-refractivity contribution is 7.92. The summed E-state index contributed by atoms with van der Waals surface area (Å²) in [7, 11) is -2.28. The van der Waals surface area contributed by atoms with E-state index >= 15 is 0 Å². The molecule has 0 bridgehead atoms. The van der Waals surface area contributed by atoms with Gasteiger partial charge in [-0.2, -0.15) is 13.5 Å². The van der Waals surface area contributed by atoms with Gasteiger partial charge in [-0.3, -0.25) is 23.7 Å². The summed E-state index contributed by atoms with van der Waals surface area (Å²) < 4.78 is 38.4. The third-order valence-electron chi connectivity index (χ3n) is 6.88. The lowest BCUT2D eigenvalue weighted by atomic mass is 10.1. The first kappa shape index (κ1) is 25.9. The standard InChI is InChI=1S/C28H28N8O3S/c1-34-18-24(15-32-34)23-12-25(26(13-29)30-14-23)33-40(37,38)28-16-31-27-7-6-22(19-36(27)28)21-4-2-20(3-5-21)17-35-8-10-39-11-9-35/h2-7,12-16,18-19,29,33H,8-11,17H2,1H3. The molecular formula is C28H28N8O3S. The summed E-state index contributed by atoms with van der Waals surface area (Å²) in [6.07, 6.45) is 9.17. The Hall–Kier alpha value is -4.39. The highest BCUT2D eigenvalue weighted by atomic mass is 32.2. The number of imidazole rings is 1. The van der Waals surface area contributed by atoms with Crippen molar-refractivity contribution in [2.24, 2.45) is 7.05 Å². The minimum atomic E-state index is -4.07. The van der Waals surface area contributed by atoms with Crippen LogP contribution in [0.4, 0.5) is 5.69 Å². The molecule has 1 fully saturated rings. The average Bonchev–Trinajstić information content (AvgIpc) is 3.60. The molecule has 1 aliphatic heterocycles. The molecule has 5 heterocycles. The number of pyridine rings is 2. The van der Waals surface area contributed by atoms with Crippen LogP contribution in [-0.4, -0.2) is 70.0 Å². The van der Waals surface area contributed by atoms with E-state index in [0.717, 1.165) is 55.8 Å². The van der Waals surface area contributed by atoms with Gasteiger partial charge in [0, 0.05) is 62.6 Å². The van der Waals surface area contributed by atoms with E-state index in [-0.39, 0.29) is 16.4 Å². The zero-order valence-corrected chi connectivity index (χ0v) is 22.7. The molecule has 0 saturated carbocycles. The van der Waals surface area contributed by atoms with E-state index in [4.69, 9.17) is 10.1 Å². The minimum Gasteiger partial charge on any atom is -0.379 e. The quantitative estimate of drug-likeness (QED) is 0.280. The maximum absolute atomic E-state index is 13.6. The van der Waals surface area contributed by atoms with Gasteiger partial charge in [0.25, 0.3) is 10.0 Å². The predicted octanol–water partition coefficient (Wildman–Crippen LogP) is 3.43. The Bertz CT molecular complexity index is 1790. The Kier molecular flexibility index (Phi) is 6.88. The second kappa shape index (κ2) is 10.6. The van der Waals surface area contributed by atoms with Crippen molar-refractivity contribution in [1.29, 1.82) is 5.41 Å². The van der Waals surface area contributed by atoms with Crippen molar-refractivity contribution in [2.45, 2.75) is 11.6 Å². The fourth-order valence-electron chi connectivity index (χ4n) is 4.75. The Labute approximate surface area is 231 Å². The van der Waals surface area contributed by atoms with Crippen LogP contribution in [0.15, 0.2) is 78.5 Å². The first-order valence-corrected chi connectivity index (χ1v) is 14.3. The number of anilines is 1. The molecule has 4 aromatic heterocycles. The lowest BCUT2D eigenvalue weighted by Crippen LogP contribution is -2.35. The smallest absolute Gasteiger partial charge is 0.279 e. The molecule has 12 heteroatoms. The molecule has 204 valence electrons. The first-order valence-electron chi connectivity index (χ1n) is 12.8. The molecule has 11 nitrogen and oxygen atoms in total. The Morgan fingerprint density at radius 2 is 1.73 bits per heavy atom. The molecule has 1 aliphatic rings. The molecule has 1 saturated heterocycles. The number of nitrogens with zero attached hydrogens (tertiary/aromatic N) is 6. The molecule has 0 unspecified atom stereocenters. The largest absolute Gasteiger partial charge is 0.379 e. The van der Waals surface area contributed by atoms with Crippen LogP contribution in [0.2, 0.25) is 0 Å². The van der Waals surface area contributed by atoms with Crippen molar-refractivity contribution in [3.05, 3.63) is 84.7 Å². The monoisotopic (exact) mass is 556 g/mol. The summed E-state index contributed by atoms with van der Waals surface area (Å²) >= 11 is 0. The van der Waals surface area contributed by atoms with E-state index in [0.29, 0.717) is 11.2 Å². The predicted molar refractivity (Wildman–Crippen MR) is 152 cm³/mol. The summed E-state index contributed by atoms with van der Waals surface area (Å²) in [6, 6.07) is 13.7. The lowest BCUT2D eigenvalue weighted by molar-refractivity contribution is 0.0342. The average molecular weight is 557 g/mol. The van der Waals surface area contributed by atoms with Gasteiger partial charge in [0.2, 0.25) is 0 Å². The van der Waals surface area contributed by atoms with Crippen LogP contribution >= 0.6 is 0 Å². The van der Waals surface area contributed by atoms with Gasteiger partial charge in [0.15, 0.2) is 5.03 Å². The molecule has 0 atom stereocenters. The van der Waals surface area contributed by atoms with Crippen LogP contribution in [0.5, 0.6) is 0 Å². The van der Waals surface area contributed by atoms with Gasteiger partial charge in [-0.25, -0.2) is 4.98 Å². The van der Waals surface area contributed by atoms with E-state index in [1.807, 2.05) is 18.2 Å². The van der Waals surface area contributed by atoms with Gasteiger partial charge in [0.05, 0.1) is 31.3 Å². The van der Waals surface area contributed by atoms with Gasteiger partial charge in [-0.15, -0.1) is 0 Å². The third kappa shape index (κ3) is 5.24. The van der Waals surface area contributed by atoms with E-state index in [2.05, 4.69) is 36.8 Å². The van der Waals surface area contributed by atoms with E-state index in [1.54, 1.807) is 53.1 Å². The van der Waals surface area contributed by atoms with Crippen LogP contribution in [-0.2, 0) is 28.4 Å². The number of hydrogen-bond donors (Lipinski definition) is 2. The highest BCUT2D eigenvalue weighted by Crippen LogP contribution is 2.27. The fraction of sp³-hybridized carbons (Fsp3) is 0.214. The van der Waals surface area contributed by atoms with Gasteiger partial charge < -0.3 is 10.1 Å². The van der Waals surface area contributed by atoms with Crippen molar-refractivity contribution >= 4 is 27.6 Å². The Morgan fingerprint density at radius 1 is 0.950 bits per heavy atom. The third-order valence-corrected chi connectivity index (χ3v) is 8.22. The molecule has 5 aromatic rings. The van der Waals surface area contributed by atoms with Crippen LogP contribution < -0.4 is 4.72 Å². The van der Waals surface area contributed by atoms with Crippen molar-refractivity contribution < 1.29 is 13.2 Å². The number of aryl methyl sites for hydroxylation is 1. The number of fused-ring (bicyclic) bond motifs is 1. The number of morpholine rings is 1. The molecule has 0 amide bonds. The molecule has 0 aliphatic carbocycles. The number of benzene rings is 1. The maximum atomic E-state index is 13.6. The maximum Gasteiger partial charge on any atom is 0.279 e. The minimum absolute atomic E-state index is 0.0176. The zero-order chi connectivity index (χ0) is 27.7. The van der Waals surface area contributed by atoms with Crippen LogP contribution in [0.1, 0.15) is 11.3 Å². The van der Waals surface area contributed by atoms with Gasteiger partial charge in [0.1, 0.15) is 11.3 Å². The number of sulfonamides is 1. The fourth-order valence-corrected chi connectivity index (χ4v) is 5.90. The van der Waals surface area contributed by atoms with Crippen LogP contribution in [0, 0.1) is 5.41 Å². The van der Waals surface area contributed by atoms with E-state index in [9.17, 15) is 8.42 Å². The van der Waals surface area contributed by atoms with Gasteiger partial charge in [-0.1, -0.05) is 24.3 Å². The molecule has 1 aromatic carbocycles. The molecule has 2 N–H and O–H groups in total. The summed E-state index contributed by atoms with van der Waals surface area (Å²) in [4.78, 5) is 10.9. The van der Waals surface area contributed by atoms with E-state index < -0.39 is 10.0 Å². The van der Waals surface area contributed by atoms with Crippen LogP contribution in [0.3, 0.4) is 0 Å². The number of nitrogens with one attached hydrogen (secondary N) is 2. The molecule has 6 rings (SSSR count). The zero-order valence-electron chi connectivity index (χ0n) is 21.9. The number of rotatable bonds is 8. The summed E-state index contributed by atoms with van der Waals surface area (Å²) in [6.45, 7) is 4.24. The van der Waals surface area contributed by atoms with Crippen molar-refractivity contribution in [2.75, 3.05) is 31.0 Å². The topological polar surface area (TPSA) is 130 Å². The molecule has 0 radical (unpaired) electrons. The number of ether oxygens (including phenoxy) is 1. The summed E-state index contributed by atoms with van der Waals surface area (Å²) in [5.41, 5.74) is 5.39. The SMILES string of the molecule is Cn1cc(-c2cnc(C=N)c(NS(=O)(=O)c3cnc4ccc(-c5ccc(CN6CCOCC6)cc5)cn34)c2)cn1. The van der Waals surface area contributed by atoms with E-state index in [1.165, 1.54) is 11.8 Å². The van der Waals surface area contributed by atoms with Crippen molar-refractivity contribution in [3.63, 3.8) is 0 Å². The molecular weight excluding hydrogens is 528 g/mol. The van der Waals surface area contributed by atoms with Crippen LogP contribution in [0.25, 0.3) is 27.9 Å². The van der Waals surface area contributed by atoms with Crippen molar-refractivity contribution in [3.8, 4) is 22.3 Å². The summed E-state index contributed by atoms with van der Waals surface area (Å²) in [5, 5.41) is 11.9. The molecule has 0 spiro atoms. The normalized spacial score (nSPS) is 14.4. The lowest BCUT2D eigenvalue weighted by Gasteiger charge is -2.26. The summed E-state index contributed by atoms with van der Waals surface area (Å²) in [5.74, 6) is 0.